The third kappa shape index (κ3) is 3.77. The number of thioether (sulfide) groups is 1. The number of amides is 1. The summed E-state index contributed by atoms with van der Waals surface area (Å²) in [7, 11) is 1.71. The van der Waals surface area contributed by atoms with Crippen molar-refractivity contribution in [2.75, 3.05) is 13.3 Å². The summed E-state index contributed by atoms with van der Waals surface area (Å²) in [5, 5.41) is 5.36. The topological polar surface area (TPSA) is 38.1 Å². The smallest absolute Gasteiger partial charge is 0.255 e. The molecule has 0 N–H and O–H groups in total. The molecule has 4 nitrogen and oxygen atoms in total. The molecule has 0 aliphatic heterocycles. The summed E-state index contributed by atoms with van der Waals surface area (Å²) in [6, 6.07) is 5.44. The zero-order chi connectivity index (χ0) is 16.3. The van der Waals surface area contributed by atoms with Crippen molar-refractivity contribution in [1.82, 2.24) is 14.7 Å². The Balaban J connectivity index is 2.20. The molecule has 7 heteroatoms. The fourth-order valence-electron chi connectivity index (χ4n) is 2.00. The van der Waals surface area contributed by atoms with Crippen molar-refractivity contribution in [2.45, 2.75) is 24.9 Å². The van der Waals surface area contributed by atoms with Crippen LogP contribution in [-0.4, -0.2) is 33.9 Å². The predicted molar refractivity (Wildman–Crippen MR) is 91.9 cm³/mol. The second-order valence-electron chi connectivity index (χ2n) is 4.79. The fraction of sp³-hybridized carbons (Fsp3) is 0.333. The van der Waals surface area contributed by atoms with E-state index in [2.05, 4.69) is 5.10 Å². The Hall–Kier alpha value is -1.17. The van der Waals surface area contributed by atoms with Gasteiger partial charge in [-0.15, -0.1) is 11.8 Å². The van der Waals surface area contributed by atoms with Gasteiger partial charge in [0.2, 0.25) is 0 Å². The molecule has 0 atom stereocenters. The van der Waals surface area contributed by atoms with Gasteiger partial charge >= 0.3 is 0 Å². The maximum atomic E-state index is 12.6. The normalized spacial score (nSPS) is 10.8. The number of hydrogen-bond acceptors (Lipinski definition) is 3. The van der Waals surface area contributed by atoms with E-state index >= 15 is 0 Å². The Bertz CT molecular complexity index is 687. The summed E-state index contributed by atoms with van der Waals surface area (Å²) < 4.78 is 1.75. The van der Waals surface area contributed by atoms with E-state index in [-0.39, 0.29) is 5.91 Å². The van der Waals surface area contributed by atoms with Crippen LogP contribution in [0.25, 0.3) is 0 Å². The second kappa shape index (κ2) is 7.40. The van der Waals surface area contributed by atoms with Crippen LogP contribution >= 0.6 is 35.0 Å². The van der Waals surface area contributed by atoms with Gasteiger partial charge in [-0.05, 0) is 31.4 Å². The van der Waals surface area contributed by atoms with Crippen molar-refractivity contribution in [3.8, 4) is 0 Å². The van der Waals surface area contributed by atoms with Crippen molar-refractivity contribution >= 4 is 40.9 Å². The van der Waals surface area contributed by atoms with Gasteiger partial charge in [0, 0.05) is 24.7 Å². The van der Waals surface area contributed by atoms with Gasteiger partial charge in [-0.2, -0.15) is 5.10 Å². The molecule has 0 aliphatic rings. The summed E-state index contributed by atoms with van der Waals surface area (Å²) in [6.45, 7) is 3.05. The quantitative estimate of drug-likeness (QED) is 0.752. The Morgan fingerprint density at radius 1 is 1.36 bits per heavy atom. The second-order valence-corrected chi connectivity index (χ2v) is 6.48. The van der Waals surface area contributed by atoms with Gasteiger partial charge in [-0.25, -0.2) is 0 Å². The predicted octanol–water partition coefficient (Wildman–Crippen LogP) is 4.20. The van der Waals surface area contributed by atoms with Crippen LogP contribution in [0.3, 0.4) is 0 Å². The van der Waals surface area contributed by atoms with E-state index in [9.17, 15) is 4.79 Å². The highest BCUT2D eigenvalue weighted by Crippen LogP contribution is 2.25. The van der Waals surface area contributed by atoms with E-state index in [1.54, 1.807) is 46.7 Å². The molecule has 0 fully saturated rings. The number of nitrogens with zero attached hydrogens (tertiary/aromatic N) is 3. The lowest BCUT2D eigenvalue weighted by atomic mass is 10.2. The maximum Gasteiger partial charge on any atom is 0.255 e. The summed E-state index contributed by atoms with van der Waals surface area (Å²) in [4.78, 5) is 15.1. The monoisotopic (exact) mass is 357 g/mol. The molecule has 118 valence electrons. The highest BCUT2D eigenvalue weighted by molar-refractivity contribution is 7.98. The number of benzene rings is 1. The average molecular weight is 358 g/mol. The van der Waals surface area contributed by atoms with Crippen LogP contribution in [-0.2, 0) is 13.1 Å². The molecule has 0 radical (unpaired) electrons. The number of carbonyl (C=O) groups is 1. The van der Waals surface area contributed by atoms with Crippen molar-refractivity contribution < 1.29 is 4.79 Å². The van der Waals surface area contributed by atoms with Crippen molar-refractivity contribution in [3.05, 3.63) is 45.7 Å². The Morgan fingerprint density at radius 2 is 2.09 bits per heavy atom. The summed E-state index contributed by atoms with van der Waals surface area (Å²) in [5.41, 5.74) is 1.17. The van der Waals surface area contributed by atoms with Gasteiger partial charge < -0.3 is 4.90 Å². The van der Waals surface area contributed by atoms with Gasteiger partial charge in [-0.1, -0.05) is 23.2 Å². The van der Waals surface area contributed by atoms with E-state index in [0.29, 0.717) is 27.8 Å². The molecule has 0 spiro atoms. The number of halogens is 2. The average Bonchev–Trinajstić information content (AvgIpc) is 2.87. The summed E-state index contributed by atoms with van der Waals surface area (Å²) >= 11 is 13.9. The van der Waals surface area contributed by atoms with Crippen molar-refractivity contribution in [1.29, 1.82) is 0 Å². The minimum Gasteiger partial charge on any atom is -0.336 e. The minimum atomic E-state index is -0.150. The zero-order valence-electron chi connectivity index (χ0n) is 12.6. The molecule has 0 aliphatic carbocycles. The van der Waals surface area contributed by atoms with Crippen LogP contribution < -0.4 is 0 Å². The Labute approximate surface area is 144 Å². The van der Waals surface area contributed by atoms with E-state index in [4.69, 9.17) is 23.2 Å². The van der Waals surface area contributed by atoms with E-state index in [1.165, 1.54) is 0 Å². The number of rotatable bonds is 5. The largest absolute Gasteiger partial charge is 0.336 e. The number of aryl methyl sites for hydroxylation is 1. The highest BCUT2D eigenvalue weighted by atomic mass is 35.5. The standard InChI is InChI=1S/C15H17Cl2N3OS/c1-4-20-8-13(17)14(18-20)9-19(2)15(21)11-7-10(22-3)5-6-12(11)16/h5-8H,4,9H2,1-3H3. The number of hydrogen-bond donors (Lipinski definition) is 0. The van der Waals surface area contributed by atoms with Gasteiger partial charge in [-0.3, -0.25) is 9.48 Å². The van der Waals surface area contributed by atoms with Crippen LogP contribution in [0, 0.1) is 0 Å². The third-order valence-corrected chi connectivity index (χ3v) is 4.62. The van der Waals surface area contributed by atoms with E-state index in [0.717, 1.165) is 11.4 Å². The first-order valence-corrected chi connectivity index (χ1v) is 8.75. The van der Waals surface area contributed by atoms with Crippen molar-refractivity contribution in [3.63, 3.8) is 0 Å². The van der Waals surface area contributed by atoms with Gasteiger partial charge in [0.25, 0.3) is 5.91 Å². The van der Waals surface area contributed by atoms with Gasteiger partial charge in [0.1, 0.15) is 5.69 Å². The highest BCUT2D eigenvalue weighted by Gasteiger charge is 2.18. The van der Waals surface area contributed by atoms with Gasteiger partial charge in [0.15, 0.2) is 0 Å². The van der Waals surface area contributed by atoms with E-state index in [1.807, 2.05) is 19.2 Å². The number of carbonyl (C=O) groups excluding carboxylic acids is 1. The SMILES string of the molecule is CCn1cc(Cl)c(CN(C)C(=O)c2cc(SC)ccc2Cl)n1. The molecule has 1 aromatic carbocycles. The molecule has 22 heavy (non-hydrogen) atoms. The summed E-state index contributed by atoms with van der Waals surface area (Å²) in [6.07, 6.45) is 3.72. The first-order valence-electron chi connectivity index (χ1n) is 6.77. The third-order valence-electron chi connectivity index (χ3n) is 3.25. The molecule has 0 saturated heterocycles. The lowest BCUT2D eigenvalue weighted by Gasteiger charge is -2.17. The number of aromatic nitrogens is 2. The Morgan fingerprint density at radius 3 is 2.68 bits per heavy atom. The lowest BCUT2D eigenvalue weighted by Crippen LogP contribution is -2.27. The van der Waals surface area contributed by atoms with E-state index < -0.39 is 0 Å². The van der Waals surface area contributed by atoms with Crippen LogP contribution in [0.2, 0.25) is 10.0 Å². The minimum absolute atomic E-state index is 0.150. The zero-order valence-corrected chi connectivity index (χ0v) is 15.0. The molecule has 1 amide bonds. The molecule has 2 aromatic rings. The molecular formula is C15H17Cl2N3OS. The first-order chi connectivity index (χ1) is 10.5. The molecule has 2 rings (SSSR count). The lowest BCUT2D eigenvalue weighted by molar-refractivity contribution is 0.0783. The molecule has 0 saturated carbocycles. The summed E-state index contributed by atoms with van der Waals surface area (Å²) in [5.74, 6) is -0.150. The van der Waals surface area contributed by atoms with Gasteiger partial charge in [0.05, 0.1) is 22.2 Å². The molecular weight excluding hydrogens is 341 g/mol. The Kier molecular flexibility index (Phi) is 5.78. The molecule has 0 unspecified atom stereocenters. The fourth-order valence-corrected chi connectivity index (χ4v) is 2.85. The maximum absolute atomic E-state index is 12.6. The molecule has 1 heterocycles. The van der Waals surface area contributed by atoms with Crippen LogP contribution in [0.15, 0.2) is 29.3 Å². The first kappa shape index (κ1) is 17.2. The molecule has 1 aromatic heterocycles. The van der Waals surface area contributed by atoms with Crippen LogP contribution in [0.5, 0.6) is 0 Å². The van der Waals surface area contributed by atoms with Crippen molar-refractivity contribution in [2.24, 2.45) is 0 Å². The molecule has 0 bridgehead atoms. The van der Waals surface area contributed by atoms with Crippen LogP contribution in [0.4, 0.5) is 0 Å². The van der Waals surface area contributed by atoms with Crippen LogP contribution in [0.1, 0.15) is 23.0 Å².